The number of nitrogens with zero attached hydrogens (tertiary/aromatic N) is 1. The van der Waals surface area contributed by atoms with Crippen molar-refractivity contribution < 1.29 is 0 Å². The third-order valence-corrected chi connectivity index (χ3v) is 5.00. The van der Waals surface area contributed by atoms with Gasteiger partial charge in [-0.2, -0.15) is 0 Å². The van der Waals surface area contributed by atoms with Crippen LogP contribution in [0.4, 0.5) is 0 Å². The van der Waals surface area contributed by atoms with Crippen molar-refractivity contribution >= 4 is 0 Å². The molecule has 2 heteroatoms. The lowest BCUT2D eigenvalue weighted by molar-refractivity contribution is 0.220. The van der Waals surface area contributed by atoms with Gasteiger partial charge < -0.3 is 10.2 Å². The molecule has 0 heterocycles. The predicted octanol–water partition coefficient (Wildman–Crippen LogP) is 3.42. The van der Waals surface area contributed by atoms with Crippen LogP contribution in [0.5, 0.6) is 0 Å². The Kier molecular flexibility index (Phi) is 6.50. The average Bonchev–Trinajstić information content (AvgIpc) is 2.74. The summed E-state index contributed by atoms with van der Waals surface area (Å²) in [6.45, 7) is 3.68. The van der Waals surface area contributed by atoms with Gasteiger partial charge in [0.2, 0.25) is 0 Å². The summed E-state index contributed by atoms with van der Waals surface area (Å²) in [4.78, 5) is 2.60. The zero-order chi connectivity index (χ0) is 12.6. The van der Waals surface area contributed by atoms with Crippen LogP contribution in [0.3, 0.4) is 0 Å². The van der Waals surface area contributed by atoms with Crippen LogP contribution in [-0.4, -0.2) is 37.6 Å². The Bertz CT molecular complexity index is 203. The Balaban J connectivity index is 1.54. The molecule has 0 bridgehead atoms. The van der Waals surface area contributed by atoms with E-state index < -0.39 is 0 Å². The van der Waals surface area contributed by atoms with E-state index in [-0.39, 0.29) is 0 Å². The van der Waals surface area contributed by atoms with Crippen molar-refractivity contribution in [3.05, 3.63) is 0 Å². The van der Waals surface area contributed by atoms with Crippen molar-refractivity contribution in [3.63, 3.8) is 0 Å². The fourth-order valence-corrected chi connectivity index (χ4v) is 3.66. The van der Waals surface area contributed by atoms with Crippen molar-refractivity contribution in [1.29, 1.82) is 0 Å². The third-order valence-electron chi connectivity index (χ3n) is 5.00. The maximum absolute atomic E-state index is 3.67. The molecule has 0 atom stereocenters. The van der Waals surface area contributed by atoms with Gasteiger partial charge in [-0.05, 0) is 45.2 Å². The average molecular weight is 252 g/mol. The van der Waals surface area contributed by atoms with Gasteiger partial charge in [0.15, 0.2) is 0 Å². The molecule has 0 aliphatic heterocycles. The first-order chi connectivity index (χ1) is 8.86. The van der Waals surface area contributed by atoms with Gasteiger partial charge in [0.1, 0.15) is 0 Å². The highest BCUT2D eigenvalue weighted by atomic mass is 15.1. The molecular formula is C16H32N2. The summed E-state index contributed by atoms with van der Waals surface area (Å²) in [5.41, 5.74) is 0. The summed E-state index contributed by atoms with van der Waals surface area (Å²) in [7, 11) is 2.33. The maximum atomic E-state index is 3.67. The van der Waals surface area contributed by atoms with Gasteiger partial charge in [-0.25, -0.2) is 0 Å². The van der Waals surface area contributed by atoms with Crippen molar-refractivity contribution in [2.24, 2.45) is 5.92 Å². The Morgan fingerprint density at radius 3 is 2.17 bits per heavy atom. The van der Waals surface area contributed by atoms with Crippen molar-refractivity contribution in [2.45, 2.75) is 70.3 Å². The topological polar surface area (TPSA) is 15.3 Å². The zero-order valence-corrected chi connectivity index (χ0v) is 12.3. The standard InChI is InChI=1S/C16H32N2/c1-18(16-10-4-2-3-5-11-16)13-12-17-14-15-8-6-7-9-15/h15-17H,2-14H2,1H3. The van der Waals surface area contributed by atoms with E-state index in [1.165, 1.54) is 83.8 Å². The number of nitrogens with one attached hydrogen (secondary N) is 1. The van der Waals surface area contributed by atoms with Crippen LogP contribution in [0, 0.1) is 5.92 Å². The van der Waals surface area contributed by atoms with Crippen LogP contribution in [0.25, 0.3) is 0 Å². The van der Waals surface area contributed by atoms with Crippen LogP contribution in [-0.2, 0) is 0 Å². The lowest BCUT2D eigenvalue weighted by Crippen LogP contribution is -2.37. The van der Waals surface area contributed by atoms with E-state index in [1.54, 1.807) is 0 Å². The van der Waals surface area contributed by atoms with Gasteiger partial charge in [0, 0.05) is 19.1 Å². The predicted molar refractivity (Wildman–Crippen MR) is 78.9 cm³/mol. The summed E-state index contributed by atoms with van der Waals surface area (Å²) in [5, 5.41) is 3.67. The molecule has 2 nitrogen and oxygen atoms in total. The lowest BCUT2D eigenvalue weighted by Gasteiger charge is -2.27. The summed E-state index contributed by atoms with van der Waals surface area (Å²) >= 11 is 0. The number of hydrogen-bond donors (Lipinski definition) is 1. The molecule has 0 aromatic carbocycles. The molecule has 2 saturated carbocycles. The van der Waals surface area contributed by atoms with Crippen LogP contribution in [0.15, 0.2) is 0 Å². The minimum absolute atomic E-state index is 0.862. The largest absolute Gasteiger partial charge is 0.315 e. The summed E-state index contributed by atoms with van der Waals surface area (Å²) in [5.74, 6) is 0.980. The molecule has 2 rings (SSSR count). The third kappa shape index (κ3) is 4.89. The first-order valence-electron chi connectivity index (χ1n) is 8.27. The Hall–Kier alpha value is -0.0800. The van der Waals surface area contributed by atoms with Crippen molar-refractivity contribution in [1.82, 2.24) is 10.2 Å². The molecule has 18 heavy (non-hydrogen) atoms. The summed E-state index contributed by atoms with van der Waals surface area (Å²) in [6, 6.07) is 0.862. The molecule has 1 N–H and O–H groups in total. The van der Waals surface area contributed by atoms with Crippen LogP contribution >= 0.6 is 0 Å². The smallest absolute Gasteiger partial charge is 0.0107 e. The molecule has 0 unspecified atom stereocenters. The van der Waals surface area contributed by atoms with E-state index in [9.17, 15) is 0 Å². The van der Waals surface area contributed by atoms with E-state index in [0.717, 1.165) is 12.0 Å². The minimum Gasteiger partial charge on any atom is -0.315 e. The molecule has 2 aliphatic rings. The monoisotopic (exact) mass is 252 g/mol. The van der Waals surface area contributed by atoms with Gasteiger partial charge in [0.05, 0.1) is 0 Å². The van der Waals surface area contributed by atoms with Crippen LogP contribution in [0.1, 0.15) is 64.2 Å². The highest BCUT2D eigenvalue weighted by molar-refractivity contribution is 4.74. The Morgan fingerprint density at radius 2 is 1.50 bits per heavy atom. The van der Waals surface area contributed by atoms with Crippen LogP contribution in [0.2, 0.25) is 0 Å². The second-order valence-corrected chi connectivity index (χ2v) is 6.48. The molecule has 0 saturated heterocycles. The van der Waals surface area contributed by atoms with Gasteiger partial charge in [-0.3, -0.25) is 0 Å². The molecule has 0 aromatic rings. The molecule has 0 aromatic heterocycles. The second-order valence-electron chi connectivity index (χ2n) is 6.48. The highest BCUT2D eigenvalue weighted by Gasteiger charge is 2.17. The highest BCUT2D eigenvalue weighted by Crippen LogP contribution is 2.23. The summed E-state index contributed by atoms with van der Waals surface area (Å²) < 4.78 is 0. The molecule has 106 valence electrons. The Morgan fingerprint density at radius 1 is 0.889 bits per heavy atom. The second kappa shape index (κ2) is 8.16. The van der Waals surface area contributed by atoms with Crippen LogP contribution < -0.4 is 5.32 Å². The lowest BCUT2D eigenvalue weighted by atomic mass is 10.1. The molecule has 0 radical (unpaired) electrons. The Labute approximate surface area is 114 Å². The molecule has 2 fully saturated rings. The maximum Gasteiger partial charge on any atom is 0.0107 e. The first kappa shape index (κ1) is 14.3. The van der Waals surface area contributed by atoms with Gasteiger partial charge in [0.25, 0.3) is 0 Å². The van der Waals surface area contributed by atoms with E-state index >= 15 is 0 Å². The summed E-state index contributed by atoms with van der Waals surface area (Å²) in [6.07, 6.45) is 14.5. The minimum atomic E-state index is 0.862. The fourth-order valence-electron chi connectivity index (χ4n) is 3.66. The SMILES string of the molecule is CN(CCNCC1CCCC1)C1CCCCCC1. The van der Waals surface area contributed by atoms with E-state index in [0.29, 0.717) is 0 Å². The number of hydrogen-bond acceptors (Lipinski definition) is 2. The fraction of sp³-hybridized carbons (Fsp3) is 1.00. The van der Waals surface area contributed by atoms with Crippen molar-refractivity contribution in [3.8, 4) is 0 Å². The first-order valence-corrected chi connectivity index (χ1v) is 8.27. The van der Waals surface area contributed by atoms with Crippen molar-refractivity contribution in [2.75, 3.05) is 26.7 Å². The molecule has 0 amide bonds. The van der Waals surface area contributed by atoms with E-state index in [4.69, 9.17) is 0 Å². The van der Waals surface area contributed by atoms with Gasteiger partial charge in [-0.15, -0.1) is 0 Å². The molecule has 2 aliphatic carbocycles. The molecular weight excluding hydrogens is 220 g/mol. The van der Waals surface area contributed by atoms with E-state index in [2.05, 4.69) is 17.3 Å². The number of rotatable bonds is 6. The van der Waals surface area contributed by atoms with Gasteiger partial charge >= 0.3 is 0 Å². The zero-order valence-electron chi connectivity index (χ0n) is 12.3. The van der Waals surface area contributed by atoms with E-state index in [1.807, 2.05) is 0 Å². The molecule has 0 spiro atoms. The van der Waals surface area contributed by atoms with Gasteiger partial charge in [-0.1, -0.05) is 38.5 Å². The number of likely N-dealkylation sites (N-methyl/N-ethyl adjacent to an activating group) is 1. The normalized spacial score (nSPS) is 23.7. The quantitative estimate of drug-likeness (QED) is 0.575.